The summed E-state index contributed by atoms with van der Waals surface area (Å²) in [6, 6.07) is 28.6. The van der Waals surface area contributed by atoms with Crippen molar-refractivity contribution in [1.82, 2.24) is 4.98 Å². The van der Waals surface area contributed by atoms with E-state index in [0.29, 0.717) is 5.69 Å². The Kier molecular flexibility index (Phi) is 8.77. The summed E-state index contributed by atoms with van der Waals surface area (Å²) >= 11 is 4.10. The van der Waals surface area contributed by atoms with E-state index in [9.17, 15) is 14.4 Å². The van der Waals surface area contributed by atoms with Crippen molar-refractivity contribution in [1.29, 1.82) is 0 Å². The first-order valence-electron chi connectivity index (χ1n) is 12.1. The average Bonchev–Trinajstić information content (AvgIpc) is 3.35. The Labute approximate surface area is 237 Å². The summed E-state index contributed by atoms with van der Waals surface area (Å²) in [5.74, 6) is 0.146. The van der Waals surface area contributed by atoms with E-state index in [4.69, 9.17) is 0 Å². The molecule has 0 aliphatic heterocycles. The van der Waals surface area contributed by atoms with Gasteiger partial charge in [-0.1, -0.05) is 60.3 Å². The zero-order valence-electron chi connectivity index (χ0n) is 20.7. The van der Waals surface area contributed by atoms with Crippen molar-refractivity contribution < 1.29 is 14.4 Å². The second-order valence-corrected chi connectivity index (χ2v) is 11.8. The lowest BCUT2D eigenvalue weighted by Gasteiger charge is -2.07. The van der Waals surface area contributed by atoms with Gasteiger partial charge < -0.3 is 16.0 Å². The molecule has 0 saturated carbocycles. The molecular weight excluding hydrogens is 549 g/mol. The topological polar surface area (TPSA) is 100 Å². The van der Waals surface area contributed by atoms with Crippen molar-refractivity contribution in [3.05, 3.63) is 91.0 Å². The van der Waals surface area contributed by atoms with Crippen LogP contribution in [-0.2, 0) is 14.4 Å². The summed E-state index contributed by atoms with van der Waals surface area (Å²) in [6.07, 6.45) is 0. The standard InChI is InChI=1S/C29H24N4O3S3/c34-26(31-22-11-10-19-6-4-5-7-20(19)14-22)16-37-17-27(35)32-23-12-13-24-25(15-23)39-29(33-24)38-18-28(36)30-21-8-2-1-3-9-21/h1-15H,16-18H2,(H,30,36)(H,31,34)(H,32,35). The molecule has 1 aromatic heterocycles. The predicted molar refractivity (Wildman–Crippen MR) is 164 cm³/mol. The van der Waals surface area contributed by atoms with Crippen molar-refractivity contribution in [2.45, 2.75) is 4.34 Å². The summed E-state index contributed by atoms with van der Waals surface area (Å²) in [5.41, 5.74) is 2.96. The van der Waals surface area contributed by atoms with Crippen LogP contribution >= 0.6 is 34.9 Å². The van der Waals surface area contributed by atoms with Gasteiger partial charge in [-0.2, -0.15) is 0 Å². The molecule has 4 aromatic carbocycles. The van der Waals surface area contributed by atoms with Crippen LogP contribution in [0.4, 0.5) is 17.1 Å². The highest BCUT2D eigenvalue weighted by Gasteiger charge is 2.11. The van der Waals surface area contributed by atoms with E-state index < -0.39 is 0 Å². The molecule has 0 saturated heterocycles. The van der Waals surface area contributed by atoms with Crippen LogP contribution in [0.1, 0.15) is 0 Å². The van der Waals surface area contributed by atoms with Gasteiger partial charge in [0, 0.05) is 17.1 Å². The predicted octanol–water partition coefficient (Wildman–Crippen LogP) is 6.49. The van der Waals surface area contributed by atoms with Crippen LogP contribution in [0.15, 0.2) is 95.3 Å². The van der Waals surface area contributed by atoms with Gasteiger partial charge >= 0.3 is 0 Å². The van der Waals surface area contributed by atoms with Crippen LogP contribution in [0.5, 0.6) is 0 Å². The molecule has 5 rings (SSSR count). The van der Waals surface area contributed by atoms with E-state index >= 15 is 0 Å². The molecule has 5 aromatic rings. The van der Waals surface area contributed by atoms with Crippen LogP contribution in [0.2, 0.25) is 0 Å². The Balaban J connectivity index is 1.07. The normalized spacial score (nSPS) is 10.9. The molecule has 0 atom stereocenters. The van der Waals surface area contributed by atoms with Crippen molar-refractivity contribution in [3.8, 4) is 0 Å². The van der Waals surface area contributed by atoms with Crippen molar-refractivity contribution >= 4 is 90.6 Å². The summed E-state index contributed by atoms with van der Waals surface area (Å²) in [7, 11) is 0. The van der Waals surface area contributed by atoms with Crippen molar-refractivity contribution in [2.24, 2.45) is 0 Å². The maximum absolute atomic E-state index is 12.4. The molecule has 0 aliphatic carbocycles. The zero-order valence-corrected chi connectivity index (χ0v) is 23.1. The highest BCUT2D eigenvalue weighted by molar-refractivity contribution is 8.01. The second-order valence-electron chi connectivity index (χ2n) is 8.52. The number of nitrogens with zero attached hydrogens (tertiary/aromatic N) is 1. The smallest absolute Gasteiger partial charge is 0.234 e. The van der Waals surface area contributed by atoms with Crippen molar-refractivity contribution in [2.75, 3.05) is 33.2 Å². The Bertz CT molecular complexity index is 1640. The summed E-state index contributed by atoms with van der Waals surface area (Å²) < 4.78 is 1.70. The number of fused-ring (bicyclic) bond motifs is 2. The fourth-order valence-electron chi connectivity index (χ4n) is 3.79. The van der Waals surface area contributed by atoms with Gasteiger partial charge in [0.2, 0.25) is 17.7 Å². The molecule has 3 amide bonds. The Morgan fingerprint density at radius 3 is 2.03 bits per heavy atom. The fourth-order valence-corrected chi connectivity index (χ4v) is 6.31. The molecule has 7 nitrogen and oxygen atoms in total. The Morgan fingerprint density at radius 1 is 0.641 bits per heavy atom. The van der Waals surface area contributed by atoms with Gasteiger partial charge in [-0.3, -0.25) is 14.4 Å². The lowest BCUT2D eigenvalue weighted by atomic mass is 10.1. The summed E-state index contributed by atoms with van der Waals surface area (Å²) in [5, 5.41) is 10.8. The SMILES string of the molecule is O=C(CSCC(=O)Nc1ccc2nc(SCC(=O)Nc3ccccc3)sc2c1)Nc1ccc2ccccc2c1. The first-order chi connectivity index (χ1) is 19.0. The minimum Gasteiger partial charge on any atom is -0.325 e. The van der Waals surface area contributed by atoms with Gasteiger partial charge in [0.25, 0.3) is 0 Å². The number of thioether (sulfide) groups is 2. The molecule has 39 heavy (non-hydrogen) atoms. The fraction of sp³-hybridized carbons (Fsp3) is 0.103. The van der Waals surface area contributed by atoms with Gasteiger partial charge in [-0.05, 0) is 53.2 Å². The number of nitrogens with one attached hydrogen (secondary N) is 3. The van der Waals surface area contributed by atoms with Crippen LogP contribution in [0.25, 0.3) is 21.0 Å². The molecule has 0 bridgehead atoms. The van der Waals surface area contributed by atoms with E-state index in [-0.39, 0.29) is 35.0 Å². The molecular formula is C29H24N4O3S3. The number of amides is 3. The van der Waals surface area contributed by atoms with Crippen LogP contribution < -0.4 is 16.0 Å². The van der Waals surface area contributed by atoms with E-state index in [2.05, 4.69) is 20.9 Å². The number of hydrogen-bond acceptors (Lipinski definition) is 7. The van der Waals surface area contributed by atoms with Gasteiger partial charge in [0.1, 0.15) is 0 Å². The number of anilines is 3. The third-order valence-corrected chi connectivity index (χ3v) is 8.63. The molecule has 3 N–H and O–H groups in total. The second kappa shape index (κ2) is 12.8. The van der Waals surface area contributed by atoms with E-state index in [1.165, 1.54) is 34.9 Å². The Morgan fingerprint density at radius 2 is 1.26 bits per heavy atom. The summed E-state index contributed by atoms with van der Waals surface area (Å²) in [6.45, 7) is 0. The van der Waals surface area contributed by atoms with E-state index in [1.807, 2.05) is 84.9 Å². The van der Waals surface area contributed by atoms with Crippen LogP contribution in [0.3, 0.4) is 0 Å². The monoisotopic (exact) mass is 572 g/mol. The third-order valence-electron chi connectivity index (χ3n) is 5.54. The largest absolute Gasteiger partial charge is 0.325 e. The molecule has 10 heteroatoms. The lowest BCUT2D eigenvalue weighted by Crippen LogP contribution is -2.18. The average molecular weight is 573 g/mol. The lowest BCUT2D eigenvalue weighted by molar-refractivity contribution is -0.114. The van der Waals surface area contributed by atoms with Crippen molar-refractivity contribution in [3.63, 3.8) is 0 Å². The number of para-hydroxylation sites is 1. The maximum Gasteiger partial charge on any atom is 0.234 e. The Hall–Kier alpha value is -3.86. The minimum absolute atomic E-state index is 0.0955. The molecule has 0 radical (unpaired) electrons. The number of carbonyl (C=O) groups is 3. The molecule has 0 spiro atoms. The minimum atomic E-state index is -0.186. The molecule has 0 unspecified atom stereocenters. The first kappa shape index (κ1) is 26.7. The molecule has 0 fully saturated rings. The number of thiazole rings is 1. The highest BCUT2D eigenvalue weighted by atomic mass is 32.2. The van der Waals surface area contributed by atoms with Gasteiger partial charge in [-0.15, -0.1) is 23.1 Å². The quantitative estimate of drug-likeness (QED) is 0.165. The number of carbonyl (C=O) groups excluding carboxylic acids is 3. The number of aromatic nitrogens is 1. The maximum atomic E-state index is 12.4. The first-order valence-corrected chi connectivity index (χ1v) is 15.0. The van der Waals surface area contributed by atoms with Gasteiger partial charge in [-0.25, -0.2) is 4.98 Å². The van der Waals surface area contributed by atoms with Gasteiger partial charge in [0.05, 0.1) is 27.5 Å². The number of hydrogen-bond donors (Lipinski definition) is 3. The number of benzene rings is 4. The zero-order chi connectivity index (χ0) is 27.0. The van der Waals surface area contributed by atoms with Gasteiger partial charge in [0.15, 0.2) is 4.34 Å². The molecule has 196 valence electrons. The highest BCUT2D eigenvalue weighted by Crippen LogP contribution is 2.31. The van der Waals surface area contributed by atoms with Crippen LogP contribution in [0, 0.1) is 0 Å². The van der Waals surface area contributed by atoms with E-state index in [0.717, 1.165) is 36.7 Å². The summed E-state index contributed by atoms with van der Waals surface area (Å²) in [4.78, 5) is 41.6. The third kappa shape index (κ3) is 7.60. The number of rotatable bonds is 10. The van der Waals surface area contributed by atoms with E-state index in [1.54, 1.807) is 6.07 Å². The molecule has 0 aliphatic rings. The van der Waals surface area contributed by atoms with Crippen LogP contribution in [-0.4, -0.2) is 40.0 Å². The molecule has 1 heterocycles.